The van der Waals surface area contributed by atoms with Crippen LogP contribution >= 0.6 is 11.6 Å². The van der Waals surface area contributed by atoms with Gasteiger partial charge in [0.2, 0.25) is 0 Å². The molecule has 18 heavy (non-hydrogen) atoms. The van der Waals surface area contributed by atoms with Crippen LogP contribution < -0.4 is 0 Å². The first-order chi connectivity index (χ1) is 8.32. The van der Waals surface area contributed by atoms with Gasteiger partial charge >= 0.3 is 7.12 Å². The largest absolute Gasteiger partial charge is 0.457 e. The van der Waals surface area contributed by atoms with Crippen LogP contribution in [-0.4, -0.2) is 23.7 Å². The van der Waals surface area contributed by atoms with Crippen molar-refractivity contribution in [2.75, 3.05) is 0 Å². The summed E-state index contributed by atoms with van der Waals surface area (Å²) in [6, 6.07) is 0. The Balaban J connectivity index is 1.81. The molecular weight excluding hydrogens is 246 g/mol. The molecule has 1 heterocycles. The summed E-state index contributed by atoms with van der Waals surface area (Å²) in [4.78, 5) is 0. The lowest BCUT2D eigenvalue weighted by molar-refractivity contribution is 0.00578. The molecule has 0 N–H and O–H groups in total. The molecule has 2 atom stereocenters. The molecule has 1 saturated heterocycles. The van der Waals surface area contributed by atoms with Gasteiger partial charge in [-0.1, -0.05) is 19.3 Å². The third-order valence-electron chi connectivity index (χ3n) is 4.89. The zero-order chi connectivity index (χ0) is 13.4. The summed E-state index contributed by atoms with van der Waals surface area (Å²) in [5, 5.41) is 0.362. The molecule has 0 aromatic rings. The first-order valence-corrected chi connectivity index (χ1v) is 7.75. The minimum Gasteiger partial charge on any atom is -0.403 e. The van der Waals surface area contributed by atoms with E-state index in [1.807, 2.05) is 0 Å². The molecular formula is C14H26BClO2. The summed E-state index contributed by atoms with van der Waals surface area (Å²) in [5.41, 5.74) is -0.408. The van der Waals surface area contributed by atoms with Gasteiger partial charge in [0, 0.05) is 5.38 Å². The number of hydrogen-bond donors (Lipinski definition) is 0. The minimum atomic E-state index is -0.204. The predicted molar refractivity (Wildman–Crippen MR) is 77.1 cm³/mol. The highest BCUT2D eigenvalue weighted by molar-refractivity contribution is 6.45. The fourth-order valence-corrected chi connectivity index (χ4v) is 3.33. The second-order valence-corrected chi connectivity index (χ2v) is 7.38. The molecule has 0 aromatic heterocycles. The van der Waals surface area contributed by atoms with Crippen LogP contribution in [0, 0.1) is 5.92 Å². The Labute approximate surface area is 117 Å². The predicted octanol–water partition coefficient (Wildman–Crippen LogP) is 4.27. The van der Waals surface area contributed by atoms with Gasteiger partial charge in [-0.3, -0.25) is 0 Å². The number of halogens is 1. The maximum absolute atomic E-state index is 6.40. The summed E-state index contributed by atoms with van der Waals surface area (Å²) in [7, 11) is -0.0548. The van der Waals surface area contributed by atoms with E-state index in [4.69, 9.17) is 20.9 Å². The van der Waals surface area contributed by atoms with Gasteiger partial charge in [0.05, 0.1) is 11.2 Å². The molecule has 104 valence electrons. The Hall–Kier alpha value is 0.275. The molecule has 0 amide bonds. The molecule has 1 aliphatic heterocycles. The molecule has 0 radical (unpaired) electrons. The molecule has 2 nitrogen and oxygen atoms in total. The summed E-state index contributed by atoms with van der Waals surface area (Å²) < 4.78 is 12.1. The van der Waals surface area contributed by atoms with Crippen molar-refractivity contribution < 1.29 is 9.31 Å². The summed E-state index contributed by atoms with van der Waals surface area (Å²) in [6.07, 6.45) is 7.17. The van der Waals surface area contributed by atoms with Crippen LogP contribution in [0.1, 0.15) is 59.8 Å². The van der Waals surface area contributed by atoms with Gasteiger partial charge in [0.15, 0.2) is 0 Å². The third-order valence-corrected chi connectivity index (χ3v) is 5.47. The van der Waals surface area contributed by atoms with Crippen molar-refractivity contribution in [1.82, 2.24) is 0 Å². The minimum absolute atomic E-state index is 0.0548. The molecule has 2 unspecified atom stereocenters. The Morgan fingerprint density at radius 1 is 1.06 bits per heavy atom. The van der Waals surface area contributed by atoms with E-state index in [1.54, 1.807) is 0 Å². The van der Waals surface area contributed by atoms with E-state index in [2.05, 4.69) is 27.7 Å². The first-order valence-electron chi connectivity index (χ1n) is 7.31. The van der Waals surface area contributed by atoms with Crippen LogP contribution in [0.3, 0.4) is 0 Å². The van der Waals surface area contributed by atoms with Crippen molar-refractivity contribution in [3.63, 3.8) is 0 Å². The lowest BCUT2D eigenvalue weighted by atomic mass is 9.76. The van der Waals surface area contributed by atoms with E-state index in [0.29, 0.717) is 11.3 Å². The Kier molecular flexibility index (Phi) is 4.35. The molecule has 2 rings (SSSR count). The lowest BCUT2D eigenvalue weighted by Crippen LogP contribution is -2.41. The topological polar surface area (TPSA) is 18.5 Å². The Morgan fingerprint density at radius 2 is 1.61 bits per heavy atom. The normalized spacial score (nSPS) is 34.8. The van der Waals surface area contributed by atoms with E-state index < -0.39 is 0 Å². The fraction of sp³-hybridized carbons (Fsp3) is 1.00. The van der Waals surface area contributed by atoms with E-state index in [9.17, 15) is 0 Å². The van der Waals surface area contributed by atoms with Crippen LogP contribution in [-0.2, 0) is 9.31 Å². The van der Waals surface area contributed by atoms with Gasteiger partial charge < -0.3 is 9.31 Å². The van der Waals surface area contributed by atoms with Gasteiger partial charge in [0.1, 0.15) is 0 Å². The number of alkyl halides is 1. The summed E-state index contributed by atoms with van der Waals surface area (Å²) in [5.74, 6) is 0.652. The van der Waals surface area contributed by atoms with Crippen LogP contribution in [0.4, 0.5) is 0 Å². The van der Waals surface area contributed by atoms with Crippen molar-refractivity contribution in [3.05, 3.63) is 0 Å². The highest BCUT2D eigenvalue weighted by Crippen LogP contribution is 2.39. The third kappa shape index (κ3) is 3.05. The van der Waals surface area contributed by atoms with Gasteiger partial charge in [-0.05, 0) is 52.8 Å². The van der Waals surface area contributed by atoms with Crippen molar-refractivity contribution in [2.24, 2.45) is 5.92 Å². The smallest absolute Gasteiger partial charge is 0.403 e. The summed E-state index contributed by atoms with van der Waals surface area (Å²) >= 11 is 6.40. The molecule has 2 aliphatic rings. The maximum Gasteiger partial charge on any atom is 0.457 e. The van der Waals surface area contributed by atoms with E-state index in [1.165, 1.54) is 25.7 Å². The zero-order valence-corrected chi connectivity index (χ0v) is 12.9. The van der Waals surface area contributed by atoms with E-state index in [-0.39, 0.29) is 18.3 Å². The van der Waals surface area contributed by atoms with Gasteiger partial charge in [-0.25, -0.2) is 0 Å². The standard InChI is InChI=1S/C14H26BClO2/c1-13(2)14(3,4)18-15(17-13)10-9-11-7-5-6-8-12(11)16/h11-12H,5-10H2,1-4H3. The second kappa shape index (κ2) is 5.34. The number of hydrogen-bond acceptors (Lipinski definition) is 2. The van der Waals surface area contributed by atoms with Gasteiger partial charge in [-0.15, -0.1) is 11.6 Å². The van der Waals surface area contributed by atoms with Crippen molar-refractivity contribution >= 4 is 18.7 Å². The molecule has 0 spiro atoms. The zero-order valence-electron chi connectivity index (χ0n) is 12.2. The van der Waals surface area contributed by atoms with Crippen LogP contribution in [0.2, 0.25) is 6.32 Å². The quantitative estimate of drug-likeness (QED) is 0.564. The summed E-state index contributed by atoms with van der Waals surface area (Å²) in [6.45, 7) is 8.44. The fourth-order valence-electron chi connectivity index (χ4n) is 2.92. The Morgan fingerprint density at radius 3 is 2.17 bits per heavy atom. The molecule has 2 fully saturated rings. The Bertz CT molecular complexity index is 278. The maximum atomic E-state index is 6.40. The van der Waals surface area contributed by atoms with Crippen LogP contribution in [0.15, 0.2) is 0 Å². The van der Waals surface area contributed by atoms with E-state index >= 15 is 0 Å². The molecule has 0 bridgehead atoms. The number of rotatable bonds is 3. The van der Waals surface area contributed by atoms with Crippen molar-refractivity contribution in [3.8, 4) is 0 Å². The average Bonchev–Trinajstić information content (AvgIpc) is 2.46. The SMILES string of the molecule is CC1(C)OB(CCC2CCCCC2Cl)OC1(C)C. The molecule has 1 saturated carbocycles. The van der Waals surface area contributed by atoms with Crippen molar-refractivity contribution in [1.29, 1.82) is 0 Å². The highest BCUT2D eigenvalue weighted by atomic mass is 35.5. The second-order valence-electron chi connectivity index (χ2n) is 6.82. The van der Waals surface area contributed by atoms with Crippen LogP contribution in [0.25, 0.3) is 0 Å². The molecule has 4 heteroatoms. The first kappa shape index (κ1) is 14.7. The van der Waals surface area contributed by atoms with Crippen LogP contribution in [0.5, 0.6) is 0 Å². The highest BCUT2D eigenvalue weighted by Gasteiger charge is 2.50. The van der Waals surface area contributed by atoms with Gasteiger partial charge in [-0.2, -0.15) is 0 Å². The monoisotopic (exact) mass is 272 g/mol. The van der Waals surface area contributed by atoms with Gasteiger partial charge in [0.25, 0.3) is 0 Å². The lowest BCUT2D eigenvalue weighted by Gasteiger charge is -2.32. The average molecular weight is 273 g/mol. The van der Waals surface area contributed by atoms with E-state index in [0.717, 1.165) is 12.7 Å². The van der Waals surface area contributed by atoms with Crippen molar-refractivity contribution in [2.45, 2.75) is 82.7 Å². The molecule has 0 aromatic carbocycles. The molecule has 1 aliphatic carbocycles.